The lowest BCUT2D eigenvalue weighted by Crippen LogP contribution is -2.15. The highest BCUT2D eigenvalue weighted by molar-refractivity contribution is 5.43. The highest BCUT2D eigenvalue weighted by Crippen LogP contribution is 2.29. The van der Waals surface area contributed by atoms with E-state index in [1.54, 1.807) is 25.3 Å². The van der Waals surface area contributed by atoms with Gasteiger partial charge >= 0.3 is 0 Å². The zero-order chi connectivity index (χ0) is 16.5. The summed E-state index contributed by atoms with van der Waals surface area (Å²) >= 11 is 0. The third-order valence-corrected chi connectivity index (χ3v) is 3.41. The molecule has 0 atom stereocenters. The standard InChI is InChI=1S/C18H22FNO3/c1-22-18-11-14(12-20-9-4-10-21)7-8-17(18)23-13-15-5-2-3-6-16(15)19/h2-3,5-8,11,20-21H,4,9-10,12-13H2,1H3. The van der Waals surface area contributed by atoms with Crippen LogP contribution in [0.4, 0.5) is 4.39 Å². The van der Waals surface area contributed by atoms with Crippen LogP contribution in [0.1, 0.15) is 17.5 Å². The van der Waals surface area contributed by atoms with Crippen LogP contribution in [0.2, 0.25) is 0 Å². The van der Waals surface area contributed by atoms with E-state index in [9.17, 15) is 4.39 Å². The summed E-state index contributed by atoms with van der Waals surface area (Å²) < 4.78 is 24.6. The third-order valence-electron chi connectivity index (χ3n) is 3.41. The van der Waals surface area contributed by atoms with Crippen molar-refractivity contribution in [3.63, 3.8) is 0 Å². The lowest BCUT2D eigenvalue weighted by Gasteiger charge is -2.13. The van der Waals surface area contributed by atoms with Crippen LogP contribution < -0.4 is 14.8 Å². The minimum absolute atomic E-state index is 0.150. The first-order valence-electron chi connectivity index (χ1n) is 7.59. The van der Waals surface area contributed by atoms with Gasteiger partial charge in [-0.3, -0.25) is 0 Å². The molecular formula is C18H22FNO3. The molecule has 0 aliphatic carbocycles. The molecule has 23 heavy (non-hydrogen) atoms. The molecule has 0 aliphatic heterocycles. The van der Waals surface area contributed by atoms with Gasteiger partial charge in [-0.1, -0.05) is 24.3 Å². The van der Waals surface area contributed by atoms with Gasteiger partial charge in [0.05, 0.1) is 7.11 Å². The van der Waals surface area contributed by atoms with Crippen LogP contribution >= 0.6 is 0 Å². The highest BCUT2D eigenvalue weighted by atomic mass is 19.1. The largest absolute Gasteiger partial charge is 0.493 e. The van der Waals surface area contributed by atoms with E-state index >= 15 is 0 Å². The predicted octanol–water partition coefficient (Wildman–Crippen LogP) is 2.89. The van der Waals surface area contributed by atoms with E-state index in [1.165, 1.54) is 6.07 Å². The van der Waals surface area contributed by atoms with E-state index < -0.39 is 0 Å². The van der Waals surface area contributed by atoms with Crippen LogP contribution in [0, 0.1) is 5.82 Å². The molecular weight excluding hydrogens is 297 g/mol. The summed E-state index contributed by atoms with van der Waals surface area (Å²) in [4.78, 5) is 0. The van der Waals surface area contributed by atoms with Crippen LogP contribution in [-0.4, -0.2) is 25.4 Å². The second kappa shape index (κ2) is 9.12. The fraction of sp³-hybridized carbons (Fsp3) is 0.333. The Labute approximate surface area is 135 Å². The molecule has 4 nitrogen and oxygen atoms in total. The summed E-state index contributed by atoms with van der Waals surface area (Å²) in [5.74, 6) is 0.911. The molecule has 2 aromatic rings. The molecule has 0 aromatic heterocycles. The maximum absolute atomic E-state index is 13.6. The number of hydrogen-bond acceptors (Lipinski definition) is 4. The van der Waals surface area contributed by atoms with Crippen molar-refractivity contribution in [3.8, 4) is 11.5 Å². The SMILES string of the molecule is COc1cc(CNCCCO)ccc1OCc1ccccc1F. The maximum Gasteiger partial charge on any atom is 0.161 e. The molecule has 2 N–H and O–H groups in total. The number of methoxy groups -OCH3 is 1. The summed E-state index contributed by atoms with van der Waals surface area (Å²) in [6, 6.07) is 12.2. The second-order valence-electron chi connectivity index (χ2n) is 5.12. The van der Waals surface area contributed by atoms with Crippen molar-refractivity contribution in [2.45, 2.75) is 19.6 Å². The monoisotopic (exact) mass is 319 g/mol. The van der Waals surface area contributed by atoms with E-state index in [0.717, 1.165) is 18.5 Å². The van der Waals surface area contributed by atoms with Crippen LogP contribution in [0.25, 0.3) is 0 Å². The number of benzene rings is 2. The van der Waals surface area contributed by atoms with Gasteiger partial charge in [0.15, 0.2) is 11.5 Å². The molecule has 124 valence electrons. The number of ether oxygens (including phenoxy) is 2. The van der Waals surface area contributed by atoms with Crippen LogP contribution in [0.3, 0.4) is 0 Å². The smallest absolute Gasteiger partial charge is 0.161 e. The number of aliphatic hydroxyl groups is 1. The lowest BCUT2D eigenvalue weighted by atomic mass is 10.2. The first-order valence-corrected chi connectivity index (χ1v) is 7.59. The maximum atomic E-state index is 13.6. The third kappa shape index (κ3) is 5.23. The molecule has 2 aromatic carbocycles. The Morgan fingerprint density at radius 3 is 2.70 bits per heavy atom. The van der Waals surface area contributed by atoms with Crippen molar-refractivity contribution in [3.05, 3.63) is 59.4 Å². The van der Waals surface area contributed by atoms with Gasteiger partial charge in [-0.15, -0.1) is 0 Å². The Hall–Kier alpha value is -2.11. The molecule has 0 radical (unpaired) electrons. The number of nitrogens with one attached hydrogen (secondary N) is 1. The number of halogens is 1. The lowest BCUT2D eigenvalue weighted by molar-refractivity contribution is 0.279. The first-order chi connectivity index (χ1) is 11.2. The van der Waals surface area contributed by atoms with Gasteiger partial charge in [-0.05, 0) is 36.7 Å². The number of rotatable bonds is 9. The molecule has 0 fully saturated rings. The average Bonchev–Trinajstić information content (AvgIpc) is 2.58. The van der Waals surface area contributed by atoms with Gasteiger partial charge in [0, 0.05) is 18.7 Å². The molecule has 0 bridgehead atoms. The minimum atomic E-state index is -0.281. The molecule has 0 aliphatic rings. The highest BCUT2D eigenvalue weighted by Gasteiger charge is 2.08. The van der Waals surface area contributed by atoms with Gasteiger partial charge in [0.2, 0.25) is 0 Å². The first kappa shape index (κ1) is 17.2. The van der Waals surface area contributed by atoms with E-state index in [4.69, 9.17) is 14.6 Å². The summed E-state index contributed by atoms with van der Waals surface area (Å²) in [5.41, 5.74) is 1.56. The molecule has 0 spiro atoms. The van der Waals surface area contributed by atoms with E-state index in [-0.39, 0.29) is 19.0 Å². The van der Waals surface area contributed by atoms with E-state index in [1.807, 2.05) is 18.2 Å². The minimum Gasteiger partial charge on any atom is -0.493 e. The normalized spacial score (nSPS) is 10.6. The van der Waals surface area contributed by atoms with Crippen molar-refractivity contribution in [2.24, 2.45) is 0 Å². The number of hydrogen-bond donors (Lipinski definition) is 2. The van der Waals surface area contributed by atoms with Crippen molar-refractivity contribution < 1.29 is 19.0 Å². The van der Waals surface area contributed by atoms with E-state index in [0.29, 0.717) is 23.6 Å². The van der Waals surface area contributed by atoms with Crippen molar-refractivity contribution >= 4 is 0 Å². The zero-order valence-electron chi connectivity index (χ0n) is 13.2. The molecule has 0 unspecified atom stereocenters. The summed E-state index contributed by atoms with van der Waals surface area (Å²) in [5, 5.41) is 12.0. The Morgan fingerprint density at radius 1 is 1.13 bits per heavy atom. The Morgan fingerprint density at radius 2 is 1.96 bits per heavy atom. The molecule has 2 rings (SSSR count). The second-order valence-corrected chi connectivity index (χ2v) is 5.12. The van der Waals surface area contributed by atoms with Crippen LogP contribution in [0.5, 0.6) is 11.5 Å². The van der Waals surface area contributed by atoms with Gasteiger partial charge in [0.1, 0.15) is 12.4 Å². The van der Waals surface area contributed by atoms with E-state index in [2.05, 4.69) is 5.32 Å². The molecule has 5 heteroatoms. The molecule has 0 saturated carbocycles. The summed E-state index contributed by atoms with van der Waals surface area (Å²) in [6.45, 7) is 1.77. The van der Waals surface area contributed by atoms with Gasteiger partial charge in [-0.25, -0.2) is 4.39 Å². The van der Waals surface area contributed by atoms with Gasteiger partial charge < -0.3 is 19.9 Å². The van der Waals surface area contributed by atoms with Crippen molar-refractivity contribution in [1.82, 2.24) is 5.32 Å². The molecule has 0 heterocycles. The van der Waals surface area contributed by atoms with Crippen molar-refractivity contribution in [2.75, 3.05) is 20.3 Å². The fourth-order valence-electron chi connectivity index (χ4n) is 2.15. The molecule has 0 saturated heterocycles. The van der Waals surface area contributed by atoms with Gasteiger partial charge in [0.25, 0.3) is 0 Å². The molecule has 0 amide bonds. The zero-order valence-corrected chi connectivity index (χ0v) is 13.2. The topological polar surface area (TPSA) is 50.7 Å². The quantitative estimate of drug-likeness (QED) is 0.698. The van der Waals surface area contributed by atoms with Crippen LogP contribution in [-0.2, 0) is 13.2 Å². The summed E-state index contributed by atoms with van der Waals surface area (Å²) in [6.07, 6.45) is 0.723. The fourth-order valence-corrected chi connectivity index (χ4v) is 2.15. The van der Waals surface area contributed by atoms with Crippen LogP contribution in [0.15, 0.2) is 42.5 Å². The van der Waals surface area contributed by atoms with Gasteiger partial charge in [-0.2, -0.15) is 0 Å². The summed E-state index contributed by atoms with van der Waals surface area (Å²) in [7, 11) is 1.58. The predicted molar refractivity (Wildman–Crippen MR) is 87.1 cm³/mol. The Balaban J connectivity index is 1.97. The Bertz CT molecular complexity index is 619. The Kier molecular flexibility index (Phi) is 6.84. The number of aliphatic hydroxyl groups excluding tert-OH is 1. The average molecular weight is 319 g/mol. The van der Waals surface area contributed by atoms with Crippen molar-refractivity contribution in [1.29, 1.82) is 0 Å².